The molecule has 0 aliphatic rings. The predicted molar refractivity (Wildman–Crippen MR) is 75.1 cm³/mol. The van der Waals surface area contributed by atoms with Crippen LogP contribution in [-0.2, 0) is 0 Å². The SMILES string of the molecule is Cc1cc(C)cc(OC(=O)c2cc(F)c(Cl)nc2Cl)c1. The van der Waals surface area contributed by atoms with Gasteiger partial charge in [0.1, 0.15) is 16.5 Å². The Morgan fingerprint density at radius 1 is 1.10 bits per heavy atom. The van der Waals surface area contributed by atoms with Gasteiger partial charge in [0.2, 0.25) is 0 Å². The molecule has 0 aliphatic heterocycles. The van der Waals surface area contributed by atoms with Gasteiger partial charge in [0, 0.05) is 0 Å². The summed E-state index contributed by atoms with van der Waals surface area (Å²) in [6, 6.07) is 6.23. The summed E-state index contributed by atoms with van der Waals surface area (Å²) in [6.45, 7) is 3.75. The van der Waals surface area contributed by atoms with Crippen LogP contribution in [-0.4, -0.2) is 11.0 Å². The molecule has 1 aromatic carbocycles. The maximum atomic E-state index is 13.3. The average molecular weight is 314 g/mol. The molecule has 1 heterocycles. The first-order chi connectivity index (χ1) is 9.36. The molecule has 0 spiro atoms. The highest BCUT2D eigenvalue weighted by Gasteiger charge is 2.17. The minimum atomic E-state index is -0.830. The summed E-state index contributed by atoms with van der Waals surface area (Å²) in [5, 5.41) is -0.594. The van der Waals surface area contributed by atoms with Crippen molar-refractivity contribution >= 4 is 29.2 Å². The largest absolute Gasteiger partial charge is 0.423 e. The van der Waals surface area contributed by atoms with Crippen molar-refractivity contribution in [3.63, 3.8) is 0 Å². The molecule has 6 heteroatoms. The second-order valence-corrected chi connectivity index (χ2v) is 5.03. The lowest BCUT2D eigenvalue weighted by atomic mass is 10.1. The molecule has 0 atom stereocenters. The summed E-state index contributed by atoms with van der Waals surface area (Å²) >= 11 is 11.2. The second-order valence-electron chi connectivity index (χ2n) is 4.31. The number of esters is 1. The Hall–Kier alpha value is -1.65. The molecule has 2 rings (SSSR count). The molecule has 20 heavy (non-hydrogen) atoms. The maximum Gasteiger partial charge on any atom is 0.346 e. The van der Waals surface area contributed by atoms with Gasteiger partial charge in [0.05, 0.1) is 0 Å². The third kappa shape index (κ3) is 3.26. The van der Waals surface area contributed by atoms with Crippen LogP contribution in [0.25, 0.3) is 0 Å². The first-order valence-corrected chi connectivity index (χ1v) is 6.44. The number of aryl methyl sites for hydroxylation is 2. The van der Waals surface area contributed by atoms with Crippen LogP contribution in [0, 0.1) is 19.7 Å². The van der Waals surface area contributed by atoms with Crippen LogP contribution in [0.4, 0.5) is 4.39 Å². The first kappa shape index (κ1) is 14.8. The van der Waals surface area contributed by atoms with Gasteiger partial charge in [-0.1, -0.05) is 29.3 Å². The number of pyridine rings is 1. The maximum absolute atomic E-state index is 13.3. The molecule has 0 saturated heterocycles. The molecule has 0 aliphatic carbocycles. The zero-order chi connectivity index (χ0) is 14.9. The summed E-state index contributed by atoms with van der Waals surface area (Å²) in [7, 11) is 0. The van der Waals surface area contributed by atoms with Gasteiger partial charge < -0.3 is 4.74 Å². The van der Waals surface area contributed by atoms with Crippen LogP contribution >= 0.6 is 23.2 Å². The van der Waals surface area contributed by atoms with E-state index in [1.807, 2.05) is 19.9 Å². The lowest BCUT2D eigenvalue weighted by Gasteiger charge is -2.08. The van der Waals surface area contributed by atoms with Gasteiger partial charge in [-0.2, -0.15) is 0 Å². The summed E-state index contributed by atoms with van der Waals surface area (Å²) < 4.78 is 18.5. The fourth-order valence-corrected chi connectivity index (χ4v) is 2.14. The molecule has 104 valence electrons. The van der Waals surface area contributed by atoms with Gasteiger partial charge in [-0.15, -0.1) is 0 Å². The van der Waals surface area contributed by atoms with Crippen LogP contribution in [0.15, 0.2) is 24.3 Å². The number of hydrogen-bond donors (Lipinski definition) is 0. The Morgan fingerprint density at radius 3 is 2.30 bits per heavy atom. The van der Waals surface area contributed by atoms with Crippen LogP contribution in [0.3, 0.4) is 0 Å². The molecule has 3 nitrogen and oxygen atoms in total. The van der Waals surface area contributed by atoms with E-state index in [9.17, 15) is 9.18 Å². The zero-order valence-corrected chi connectivity index (χ0v) is 12.2. The first-order valence-electron chi connectivity index (χ1n) is 5.69. The highest BCUT2D eigenvalue weighted by atomic mass is 35.5. The Kier molecular flexibility index (Phi) is 4.26. The van der Waals surface area contributed by atoms with E-state index in [2.05, 4.69) is 4.98 Å². The summed E-state index contributed by atoms with van der Waals surface area (Å²) in [6.07, 6.45) is 0. The van der Waals surface area contributed by atoms with E-state index in [4.69, 9.17) is 27.9 Å². The molecular formula is C14H10Cl2FNO2. The quantitative estimate of drug-likeness (QED) is 0.469. The number of hydrogen-bond acceptors (Lipinski definition) is 3. The Labute approximate surface area is 125 Å². The highest BCUT2D eigenvalue weighted by molar-refractivity contribution is 6.34. The van der Waals surface area contributed by atoms with Gasteiger partial charge in [0.25, 0.3) is 0 Å². The van der Waals surface area contributed by atoms with Crippen molar-refractivity contribution in [3.8, 4) is 5.75 Å². The van der Waals surface area contributed by atoms with Crippen molar-refractivity contribution in [1.29, 1.82) is 0 Å². The summed E-state index contributed by atoms with van der Waals surface area (Å²) in [5.41, 5.74) is 1.71. The topological polar surface area (TPSA) is 39.2 Å². The van der Waals surface area contributed by atoms with E-state index in [1.165, 1.54) is 0 Å². The molecule has 0 radical (unpaired) electrons. The van der Waals surface area contributed by atoms with E-state index >= 15 is 0 Å². The average Bonchev–Trinajstić information content (AvgIpc) is 2.32. The highest BCUT2D eigenvalue weighted by Crippen LogP contribution is 2.23. The standard InChI is InChI=1S/C14H10Cl2FNO2/c1-7-3-8(2)5-9(4-7)20-14(19)10-6-11(17)13(16)18-12(10)15/h3-6H,1-2H3. The van der Waals surface area contributed by atoms with Crippen LogP contribution in [0.1, 0.15) is 21.5 Å². The van der Waals surface area contributed by atoms with E-state index < -0.39 is 16.9 Å². The molecule has 0 amide bonds. The van der Waals surface area contributed by atoms with Crippen LogP contribution < -0.4 is 4.74 Å². The van der Waals surface area contributed by atoms with Crippen molar-refractivity contribution < 1.29 is 13.9 Å². The number of ether oxygens (including phenoxy) is 1. The van der Waals surface area contributed by atoms with Crippen molar-refractivity contribution in [2.45, 2.75) is 13.8 Å². The number of carbonyl (C=O) groups excluding carboxylic acids is 1. The Bertz CT molecular complexity index is 669. The normalized spacial score (nSPS) is 10.4. The van der Waals surface area contributed by atoms with Crippen LogP contribution in [0.5, 0.6) is 5.75 Å². The summed E-state index contributed by atoms with van der Waals surface area (Å²) in [4.78, 5) is 15.5. The zero-order valence-electron chi connectivity index (χ0n) is 10.7. The van der Waals surface area contributed by atoms with Gasteiger partial charge in [-0.3, -0.25) is 0 Å². The van der Waals surface area contributed by atoms with Crippen molar-refractivity contribution in [1.82, 2.24) is 4.98 Å². The van der Waals surface area contributed by atoms with Crippen molar-refractivity contribution in [3.05, 3.63) is 57.1 Å². The molecule has 0 fully saturated rings. The Balaban J connectivity index is 2.30. The molecule has 2 aromatic rings. The number of benzene rings is 1. The van der Waals surface area contributed by atoms with E-state index in [0.717, 1.165) is 17.2 Å². The third-order valence-electron chi connectivity index (χ3n) is 2.51. The molecule has 1 aromatic heterocycles. The molecule has 0 saturated carbocycles. The van der Waals surface area contributed by atoms with Crippen LogP contribution in [0.2, 0.25) is 10.3 Å². The van der Waals surface area contributed by atoms with E-state index in [0.29, 0.717) is 5.75 Å². The van der Waals surface area contributed by atoms with Gasteiger partial charge in [-0.25, -0.2) is 14.2 Å². The predicted octanol–water partition coefficient (Wildman–Crippen LogP) is 4.36. The smallest absolute Gasteiger partial charge is 0.346 e. The number of aromatic nitrogens is 1. The molecule has 0 N–H and O–H groups in total. The Morgan fingerprint density at radius 2 is 1.70 bits per heavy atom. The van der Waals surface area contributed by atoms with Gasteiger partial charge >= 0.3 is 5.97 Å². The lowest BCUT2D eigenvalue weighted by molar-refractivity contribution is 0.0734. The van der Waals surface area contributed by atoms with E-state index in [1.54, 1.807) is 12.1 Å². The minimum Gasteiger partial charge on any atom is -0.423 e. The number of halogens is 3. The van der Waals surface area contributed by atoms with Gasteiger partial charge in [0.15, 0.2) is 11.0 Å². The number of nitrogens with zero attached hydrogens (tertiary/aromatic N) is 1. The number of carbonyl (C=O) groups is 1. The monoisotopic (exact) mass is 313 g/mol. The fourth-order valence-electron chi connectivity index (χ4n) is 1.74. The van der Waals surface area contributed by atoms with Crippen molar-refractivity contribution in [2.24, 2.45) is 0 Å². The van der Waals surface area contributed by atoms with Gasteiger partial charge in [-0.05, 0) is 43.2 Å². The number of rotatable bonds is 2. The minimum absolute atomic E-state index is 0.173. The van der Waals surface area contributed by atoms with E-state index in [-0.39, 0.29) is 10.7 Å². The molecule has 0 unspecified atom stereocenters. The third-order valence-corrected chi connectivity index (χ3v) is 3.07. The molecular weight excluding hydrogens is 304 g/mol. The molecule has 0 bridgehead atoms. The van der Waals surface area contributed by atoms with Crippen molar-refractivity contribution in [2.75, 3.05) is 0 Å². The lowest BCUT2D eigenvalue weighted by Crippen LogP contribution is -2.11. The fraction of sp³-hybridized carbons (Fsp3) is 0.143. The second kappa shape index (κ2) is 5.77. The summed E-state index contributed by atoms with van der Waals surface area (Å²) in [5.74, 6) is -1.26.